The summed E-state index contributed by atoms with van der Waals surface area (Å²) in [4.78, 5) is 12.4. The van der Waals surface area contributed by atoms with E-state index in [2.05, 4.69) is 27.6 Å². The van der Waals surface area contributed by atoms with Crippen LogP contribution in [-0.2, 0) is 24.7 Å². The van der Waals surface area contributed by atoms with E-state index in [1.165, 1.54) is 17.3 Å². The molecule has 0 aliphatic rings. The van der Waals surface area contributed by atoms with E-state index in [0.29, 0.717) is 5.75 Å². The van der Waals surface area contributed by atoms with Gasteiger partial charge < -0.3 is 14.6 Å². The zero-order chi connectivity index (χ0) is 21.5. The van der Waals surface area contributed by atoms with E-state index in [1.54, 1.807) is 7.11 Å². The van der Waals surface area contributed by atoms with Crippen LogP contribution in [0.3, 0.4) is 0 Å². The molecule has 0 atom stereocenters. The van der Waals surface area contributed by atoms with Gasteiger partial charge in [0.05, 0.1) is 12.9 Å². The Bertz CT molecular complexity index is 979. The van der Waals surface area contributed by atoms with Crippen molar-refractivity contribution in [1.29, 1.82) is 0 Å². The fourth-order valence-electron chi connectivity index (χ4n) is 3.25. The van der Waals surface area contributed by atoms with Gasteiger partial charge in [-0.1, -0.05) is 42.1 Å². The fraction of sp³-hybridized carbons (Fsp3) is 0.348. The van der Waals surface area contributed by atoms with Crippen molar-refractivity contribution in [2.45, 2.75) is 38.3 Å². The number of para-hydroxylation sites is 1. The summed E-state index contributed by atoms with van der Waals surface area (Å²) in [7, 11) is 3.63. The number of anilines is 1. The quantitative estimate of drug-likeness (QED) is 0.517. The van der Waals surface area contributed by atoms with Crippen molar-refractivity contribution in [3.63, 3.8) is 0 Å². The van der Waals surface area contributed by atoms with Gasteiger partial charge in [-0.25, -0.2) is 0 Å². The Morgan fingerprint density at radius 1 is 1.07 bits per heavy atom. The molecule has 0 saturated carbocycles. The highest BCUT2D eigenvalue weighted by Gasteiger charge is 2.13. The maximum Gasteiger partial charge on any atom is 0.234 e. The number of methoxy groups -OCH3 is 1. The van der Waals surface area contributed by atoms with Crippen molar-refractivity contribution >= 4 is 23.4 Å². The van der Waals surface area contributed by atoms with Crippen LogP contribution >= 0.6 is 11.8 Å². The van der Waals surface area contributed by atoms with Crippen molar-refractivity contribution in [2.24, 2.45) is 7.05 Å². The molecule has 2 aromatic carbocycles. The summed E-state index contributed by atoms with van der Waals surface area (Å²) < 4.78 is 7.17. The number of aryl methyl sites for hydroxylation is 4. The first-order valence-electron chi connectivity index (χ1n) is 9.98. The minimum atomic E-state index is -0.0403. The number of benzene rings is 2. The van der Waals surface area contributed by atoms with Gasteiger partial charge in [-0.15, -0.1) is 10.2 Å². The van der Waals surface area contributed by atoms with Crippen LogP contribution in [0, 0.1) is 13.8 Å². The molecule has 6 nitrogen and oxygen atoms in total. The molecule has 30 heavy (non-hydrogen) atoms. The van der Waals surface area contributed by atoms with Gasteiger partial charge in [-0.3, -0.25) is 4.79 Å². The van der Waals surface area contributed by atoms with Crippen LogP contribution in [0.15, 0.2) is 47.6 Å². The molecule has 158 valence electrons. The normalized spacial score (nSPS) is 10.8. The van der Waals surface area contributed by atoms with E-state index < -0.39 is 0 Å². The Hall–Kier alpha value is -2.80. The van der Waals surface area contributed by atoms with E-state index in [1.807, 2.05) is 55.8 Å². The molecule has 1 heterocycles. The zero-order valence-corrected chi connectivity index (χ0v) is 18.8. The molecular weight excluding hydrogens is 396 g/mol. The number of hydrogen-bond donors (Lipinski definition) is 1. The van der Waals surface area contributed by atoms with Gasteiger partial charge >= 0.3 is 0 Å². The minimum Gasteiger partial charge on any atom is -0.497 e. The molecule has 0 unspecified atom stereocenters. The molecule has 3 aromatic rings. The summed E-state index contributed by atoms with van der Waals surface area (Å²) in [6.07, 6.45) is 2.79. The Morgan fingerprint density at radius 2 is 1.77 bits per heavy atom. The van der Waals surface area contributed by atoms with Gasteiger partial charge in [0, 0.05) is 19.2 Å². The maximum atomic E-state index is 12.4. The van der Waals surface area contributed by atoms with Gasteiger partial charge in [0.1, 0.15) is 11.6 Å². The lowest BCUT2D eigenvalue weighted by Crippen LogP contribution is -2.16. The SMILES string of the molecule is COc1ccc(CCCc2nnc(SCC(=O)Nc3c(C)cccc3C)n2C)cc1. The minimum absolute atomic E-state index is 0.0403. The van der Waals surface area contributed by atoms with Crippen LogP contribution in [0.1, 0.15) is 28.9 Å². The molecule has 1 N–H and O–H groups in total. The van der Waals surface area contributed by atoms with E-state index in [4.69, 9.17) is 4.74 Å². The first-order valence-corrected chi connectivity index (χ1v) is 11.0. The summed E-state index contributed by atoms with van der Waals surface area (Å²) in [6, 6.07) is 14.1. The molecule has 0 radical (unpaired) electrons. The third-order valence-corrected chi connectivity index (χ3v) is 6.05. The van der Waals surface area contributed by atoms with Gasteiger partial charge in [-0.2, -0.15) is 0 Å². The van der Waals surface area contributed by atoms with Crippen molar-refractivity contribution < 1.29 is 9.53 Å². The maximum absolute atomic E-state index is 12.4. The molecule has 0 fully saturated rings. The van der Waals surface area contributed by atoms with E-state index in [9.17, 15) is 4.79 Å². The largest absolute Gasteiger partial charge is 0.497 e. The third-order valence-electron chi connectivity index (χ3n) is 5.03. The lowest BCUT2D eigenvalue weighted by Gasteiger charge is -2.11. The number of rotatable bonds is 9. The highest BCUT2D eigenvalue weighted by Crippen LogP contribution is 2.21. The van der Waals surface area contributed by atoms with Gasteiger partial charge in [0.25, 0.3) is 0 Å². The summed E-state index contributed by atoms with van der Waals surface area (Å²) in [6.45, 7) is 3.99. The molecule has 0 aliphatic heterocycles. The van der Waals surface area contributed by atoms with Gasteiger partial charge in [0.2, 0.25) is 5.91 Å². The molecule has 1 aromatic heterocycles. The highest BCUT2D eigenvalue weighted by molar-refractivity contribution is 7.99. The van der Waals surface area contributed by atoms with Crippen LogP contribution in [0.5, 0.6) is 5.75 Å². The first-order chi connectivity index (χ1) is 14.5. The van der Waals surface area contributed by atoms with Crippen LogP contribution < -0.4 is 10.1 Å². The number of nitrogens with zero attached hydrogens (tertiary/aromatic N) is 3. The second-order valence-electron chi connectivity index (χ2n) is 7.26. The summed E-state index contributed by atoms with van der Waals surface area (Å²) in [5.74, 6) is 2.06. The summed E-state index contributed by atoms with van der Waals surface area (Å²) >= 11 is 1.40. The third kappa shape index (κ3) is 5.63. The molecule has 0 saturated heterocycles. The lowest BCUT2D eigenvalue weighted by atomic mass is 10.1. The van der Waals surface area contributed by atoms with Gasteiger partial charge in [-0.05, 0) is 55.5 Å². The van der Waals surface area contributed by atoms with Crippen LogP contribution in [0.2, 0.25) is 0 Å². The second-order valence-corrected chi connectivity index (χ2v) is 8.21. The first kappa shape index (κ1) is 21.9. The standard InChI is InChI=1S/C23H28N4O2S/c1-16-7-5-8-17(2)22(16)24-21(28)15-30-23-26-25-20(27(23)3)10-6-9-18-11-13-19(29-4)14-12-18/h5,7-8,11-14H,6,9-10,15H2,1-4H3,(H,24,28). The summed E-state index contributed by atoms with van der Waals surface area (Å²) in [5.41, 5.74) is 4.29. The number of amides is 1. The van der Waals surface area contributed by atoms with Crippen molar-refractivity contribution in [1.82, 2.24) is 14.8 Å². The molecule has 1 amide bonds. The molecule has 3 rings (SSSR count). The van der Waals surface area contributed by atoms with Crippen molar-refractivity contribution in [3.8, 4) is 5.75 Å². The van der Waals surface area contributed by atoms with Crippen LogP contribution in [0.25, 0.3) is 0 Å². The Morgan fingerprint density at radius 3 is 2.43 bits per heavy atom. The Kier molecular flexibility index (Phi) is 7.52. The van der Waals surface area contributed by atoms with Crippen LogP contribution in [-0.4, -0.2) is 33.5 Å². The predicted octanol–water partition coefficient (Wildman–Crippen LogP) is 4.35. The molecule has 7 heteroatoms. The highest BCUT2D eigenvalue weighted by atomic mass is 32.2. The number of carbonyl (C=O) groups excluding carboxylic acids is 1. The predicted molar refractivity (Wildman–Crippen MR) is 121 cm³/mol. The van der Waals surface area contributed by atoms with Crippen LogP contribution in [0.4, 0.5) is 5.69 Å². The number of nitrogens with one attached hydrogen (secondary N) is 1. The number of hydrogen-bond acceptors (Lipinski definition) is 5. The summed E-state index contributed by atoms with van der Waals surface area (Å²) in [5, 5.41) is 12.3. The van der Waals surface area contributed by atoms with Gasteiger partial charge in [0.15, 0.2) is 5.16 Å². The second kappa shape index (κ2) is 10.3. The smallest absolute Gasteiger partial charge is 0.234 e. The van der Waals surface area contributed by atoms with E-state index in [0.717, 1.165) is 52.8 Å². The zero-order valence-electron chi connectivity index (χ0n) is 17.9. The molecule has 0 aliphatic carbocycles. The number of ether oxygens (including phenoxy) is 1. The average Bonchev–Trinajstić information content (AvgIpc) is 3.09. The number of carbonyl (C=O) groups is 1. The monoisotopic (exact) mass is 424 g/mol. The number of thioether (sulfide) groups is 1. The number of aromatic nitrogens is 3. The van der Waals surface area contributed by atoms with E-state index in [-0.39, 0.29) is 5.91 Å². The topological polar surface area (TPSA) is 69.0 Å². The molecule has 0 bridgehead atoms. The molecule has 0 spiro atoms. The lowest BCUT2D eigenvalue weighted by molar-refractivity contribution is -0.113. The van der Waals surface area contributed by atoms with Crippen molar-refractivity contribution in [3.05, 3.63) is 65.0 Å². The Balaban J connectivity index is 1.49. The van der Waals surface area contributed by atoms with Crippen molar-refractivity contribution in [2.75, 3.05) is 18.2 Å². The Labute approximate surface area is 182 Å². The van der Waals surface area contributed by atoms with E-state index >= 15 is 0 Å². The molecular formula is C23H28N4O2S. The fourth-order valence-corrected chi connectivity index (χ4v) is 3.98. The average molecular weight is 425 g/mol.